The summed E-state index contributed by atoms with van der Waals surface area (Å²) in [5, 5.41) is 3.17. The van der Waals surface area contributed by atoms with Gasteiger partial charge in [0.05, 0.1) is 18.9 Å². The number of anilines is 1. The number of nitrogens with one attached hydrogen (secondary N) is 1. The number of sulfonamides is 1. The van der Waals surface area contributed by atoms with Gasteiger partial charge >= 0.3 is 0 Å². The zero-order valence-electron chi connectivity index (χ0n) is 20.7. The van der Waals surface area contributed by atoms with Crippen molar-refractivity contribution < 1.29 is 22.7 Å². The predicted octanol–water partition coefficient (Wildman–Crippen LogP) is 3.46. The second-order valence-electron chi connectivity index (χ2n) is 9.53. The van der Waals surface area contributed by atoms with Crippen LogP contribution in [0.4, 0.5) is 5.69 Å². The summed E-state index contributed by atoms with van der Waals surface area (Å²) in [5.41, 5.74) is -0.817. The Morgan fingerprint density at radius 2 is 1.71 bits per heavy atom. The molecule has 0 radical (unpaired) electrons. The Bertz CT molecular complexity index is 942. The van der Waals surface area contributed by atoms with Crippen molar-refractivity contribution in [2.75, 3.05) is 30.3 Å². The minimum atomic E-state index is -3.65. The Morgan fingerprint density at radius 1 is 1.09 bits per heavy atom. The van der Waals surface area contributed by atoms with Crippen LogP contribution in [0.15, 0.2) is 24.3 Å². The van der Waals surface area contributed by atoms with E-state index in [0.717, 1.165) is 38.5 Å². The molecule has 1 aliphatic heterocycles. The van der Waals surface area contributed by atoms with Crippen LogP contribution in [0.3, 0.4) is 0 Å². The molecule has 1 N–H and O–H groups in total. The lowest BCUT2D eigenvalue weighted by atomic mass is 9.92. The quantitative estimate of drug-likeness (QED) is 0.598. The molecule has 1 aromatic carbocycles. The molecular formula is C25H39N3O5S. The highest BCUT2D eigenvalue weighted by Gasteiger charge is 2.51. The average Bonchev–Trinajstić information content (AvgIpc) is 2.76. The predicted molar refractivity (Wildman–Crippen MR) is 133 cm³/mol. The zero-order chi connectivity index (χ0) is 24.8. The third-order valence-electron chi connectivity index (χ3n) is 6.73. The van der Waals surface area contributed by atoms with E-state index in [1.54, 1.807) is 38.1 Å². The lowest BCUT2D eigenvalue weighted by Crippen LogP contribution is -2.71. The number of ether oxygens (including phenoxy) is 1. The van der Waals surface area contributed by atoms with Crippen LogP contribution in [0.5, 0.6) is 5.75 Å². The molecule has 1 heterocycles. The van der Waals surface area contributed by atoms with Crippen LogP contribution >= 0.6 is 0 Å². The molecule has 9 heteroatoms. The summed E-state index contributed by atoms with van der Waals surface area (Å²) < 4.78 is 32.5. The largest absolute Gasteiger partial charge is 0.494 e. The fraction of sp³-hybridized carbons (Fsp3) is 0.680. The van der Waals surface area contributed by atoms with E-state index in [1.165, 1.54) is 15.6 Å². The van der Waals surface area contributed by atoms with E-state index >= 15 is 0 Å². The van der Waals surface area contributed by atoms with Gasteiger partial charge < -0.3 is 10.1 Å². The lowest BCUT2D eigenvalue weighted by Gasteiger charge is -2.47. The van der Waals surface area contributed by atoms with Gasteiger partial charge in [-0.1, -0.05) is 39.0 Å². The number of hydrogen-bond acceptors (Lipinski definition) is 5. The first-order valence-corrected chi connectivity index (χ1v) is 14.2. The van der Waals surface area contributed by atoms with Crippen molar-refractivity contribution in [1.29, 1.82) is 0 Å². The summed E-state index contributed by atoms with van der Waals surface area (Å²) in [6, 6.07) is 7.06. The molecule has 8 nitrogen and oxygen atoms in total. The third-order valence-corrected chi connectivity index (χ3v) is 8.70. The summed E-state index contributed by atoms with van der Waals surface area (Å²) >= 11 is 0. The highest BCUT2D eigenvalue weighted by molar-refractivity contribution is 7.89. The van der Waals surface area contributed by atoms with Crippen molar-refractivity contribution in [2.24, 2.45) is 0 Å². The van der Waals surface area contributed by atoms with E-state index in [4.69, 9.17) is 4.74 Å². The third kappa shape index (κ3) is 6.10. The van der Waals surface area contributed by atoms with Gasteiger partial charge in [-0.25, -0.2) is 8.42 Å². The molecule has 0 aromatic heterocycles. The Labute approximate surface area is 204 Å². The van der Waals surface area contributed by atoms with Crippen molar-refractivity contribution >= 4 is 27.5 Å². The smallest absolute Gasteiger partial charge is 0.247 e. The Morgan fingerprint density at radius 3 is 2.29 bits per heavy atom. The molecule has 0 bridgehead atoms. The van der Waals surface area contributed by atoms with Gasteiger partial charge in [-0.15, -0.1) is 0 Å². The van der Waals surface area contributed by atoms with Crippen molar-refractivity contribution in [3.05, 3.63) is 24.3 Å². The van der Waals surface area contributed by atoms with Crippen LogP contribution in [-0.2, 0) is 19.6 Å². The normalized spacial score (nSPS) is 23.3. The summed E-state index contributed by atoms with van der Waals surface area (Å²) in [5.74, 6) is -0.102. The molecule has 2 amide bonds. The standard InChI is InChI=1S/C25H39N3O5S/c1-4-17-34(31,32)27-18-23(29)28(21-13-15-22(16-14-21)33-5-2)25(3,19-27)24(30)26-20-11-9-7-6-8-10-12-20/h13-16,20H,4-12,17-19H2,1-3H3,(H,26,30). The zero-order valence-corrected chi connectivity index (χ0v) is 21.5. The molecule has 3 rings (SSSR count). The van der Waals surface area contributed by atoms with Crippen molar-refractivity contribution in [2.45, 2.75) is 83.7 Å². The molecule has 1 aromatic rings. The van der Waals surface area contributed by atoms with Gasteiger partial charge in [-0.05, 0) is 57.4 Å². The van der Waals surface area contributed by atoms with Gasteiger partial charge in [0.15, 0.2) is 0 Å². The number of hydrogen-bond donors (Lipinski definition) is 1. The minimum Gasteiger partial charge on any atom is -0.494 e. The van der Waals surface area contributed by atoms with E-state index in [1.807, 2.05) is 6.92 Å². The van der Waals surface area contributed by atoms with Crippen LogP contribution in [0, 0.1) is 0 Å². The molecule has 2 fully saturated rings. The number of carbonyl (C=O) groups excluding carboxylic acids is 2. The number of rotatable bonds is 8. The van der Waals surface area contributed by atoms with E-state index < -0.39 is 21.5 Å². The van der Waals surface area contributed by atoms with Gasteiger partial charge in [-0.2, -0.15) is 4.31 Å². The molecule has 1 atom stereocenters. The maximum Gasteiger partial charge on any atom is 0.247 e. The van der Waals surface area contributed by atoms with E-state index in [2.05, 4.69) is 5.32 Å². The maximum atomic E-state index is 13.8. The van der Waals surface area contributed by atoms with Crippen molar-refractivity contribution in [3.63, 3.8) is 0 Å². The Hall–Kier alpha value is -2.13. The molecule has 2 aliphatic rings. The summed E-state index contributed by atoms with van der Waals surface area (Å²) in [6.45, 7) is 5.52. The number of amides is 2. The molecule has 34 heavy (non-hydrogen) atoms. The van der Waals surface area contributed by atoms with Crippen molar-refractivity contribution in [3.8, 4) is 5.75 Å². The summed E-state index contributed by atoms with van der Waals surface area (Å²) in [4.78, 5) is 28.6. The van der Waals surface area contributed by atoms with Gasteiger partial charge in [0, 0.05) is 18.3 Å². The SMILES string of the molecule is CCCS(=O)(=O)N1CC(=O)N(c2ccc(OCC)cc2)C(C)(C(=O)NC2CCCCCCC2)C1. The fourth-order valence-electron chi connectivity index (χ4n) is 4.95. The highest BCUT2D eigenvalue weighted by atomic mass is 32.2. The molecule has 1 aliphatic carbocycles. The van der Waals surface area contributed by atoms with Gasteiger partial charge in [0.25, 0.3) is 0 Å². The molecule has 1 saturated heterocycles. The first-order valence-electron chi connectivity index (χ1n) is 12.6. The van der Waals surface area contributed by atoms with E-state index in [-0.39, 0.29) is 30.8 Å². The number of carbonyl (C=O) groups is 2. The average molecular weight is 494 g/mol. The van der Waals surface area contributed by atoms with Crippen LogP contribution in [0.25, 0.3) is 0 Å². The van der Waals surface area contributed by atoms with E-state index in [9.17, 15) is 18.0 Å². The monoisotopic (exact) mass is 493 g/mol. The second-order valence-corrected chi connectivity index (χ2v) is 11.6. The van der Waals surface area contributed by atoms with Crippen LogP contribution in [-0.4, -0.2) is 61.6 Å². The topological polar surface area (TPSA) is 96.0 Å². The van der Waals surface area contributed by atoms with Gasteiger partial charge in [0.2, 0.25) is 21.8 Å². The second kappa shape index (κ2) is 11.5. The Kier molecular flexibility index (Phi) is 8.98. The number of benzene rings is 1. The molecular weight excluding hydrogens is 454 g/mol. The maximum absolute atomic E-state index is 13.8. The number of nitrogens with zero attached hydrogens (tertiary/aromatic N) is 2. The van der Waals surface area contributed by atoms with Crippen LogP contribution < -0.4 is 15.0 Å². The van der Waals surface area contributed by atoms with Gasteiger partial charge in [-0.3, -0.25) is 14.5 Å². The molecule has 1 saturated carbocycles. The van der Waals surface area contributed by atoms with Crippen LogP contribution in [0.2, 0.25) is 0 Å². The van der Waals surface area contributed by atoms with E-state index in [0.29, 0.717) is 24.5 Å². The highest BCUT2D eigenvalue weighted by Crippen LogP contribution is 2.32. The first-order chi connectivity index (χ1) is 16.2. The van der Waals surface area contributed by atoms with Crippen LogP contribution in [0.1, 0.15) is 72.1 Å². The summed E-state index contributed by atoms with van der Waals surface area (Å²) in [7, 11) is -3.65. The number of piperazine rings is 1. The lowest BCUT2D eigenvalue weighted by molar-refractivity contribution is -0.133. The molecule has 1 unspecified atom stereocenters. The molecule has 0 spiro atoms. The minimum absolute atomic E-state index is 0.0320. The molecule has 190 valence electrons. The van der Waals surface area contributed by atoms with Gasteiger partial charge in [0.1, 0.15) is 11.3 Å². The van der Waals surface area contributed by atoms with Crippen molar-refractivity contribution in [1.82, 2.24) is 9.62 Å². The Balaban J connectivity index is 1.93. The first kappa shape index (κ1) is 26.5. The fourth-order valence-corrected chi connectivity index (χ4v) is 6.48. The summed E-state index contributed by atoms with van der Waals surface area (Å²) in [6.07, 6.45) is 7.89.